The van der Waals surface area contributed by atoms with Gasteiger partial charge < -0.3 is 4.48 Å². The Bertz CT molecular complexity index is 246. The van der Waals surface area contributed by atoms with Gasteiger partial charge in [0.25, 0.3) is 0 Å². The van der Waals surface area contributed by atoms with Gasteiger partial charge in [0.2, 0.25) is 0 Å². The second-order valence-electron chi connectivity index (χ2n) is 9.04. The fraction of sp³-hybridized carbons (Fsp3) is 1.00. The van der Waals surface area contributed by atoms with E-state index >= 15 is 0 Å². The molecule has 0 aromatic carbocycles. The minimum absolute atomic E-state index is 1.22. The summed E-state index contributed by atoms with van der Waals surface area (Å²) in [7, 11) is 4.77. The molecular formula is C24H52N+. The van der Waals surface area contributed by atoms with Gasteiger partial charge >= 0.3 is 0 Å². The highest BCUT2D eigenvalue weighted by Crippen LogP contribution is 2.14. The Hall–Kier alpha value is -0.0400. The van der Waals surface area contributed by atoms with Crippen molar-refractivity contribution in [3.05, 3.63) is 0 Å². The van der Waals surface area contributed by atoms with Crippen molar-refractivity contribution >= 4 is 0 Å². The number of hydrogen-bond donors (Lipinski definition) is 0. The summed E-state index contributed by atoms with van der Waals surface area (Å²) < 4.78 is 1.22. The molecule has 0 unspecified atom stereocenters. The number of nitrogens with zero attached hydrogens (tertiary/aromatic N) is 1. The molecule has 0 spiro atoms. The Balaban J connectivity index is 3.10. The molecule has 0 amide bonds. The van der Waals surface area contributed by atoms with Crippen molar-refractivity contribution < 1.29 is 4.48 Å². The molecule has 0 aromatic heterocycles. The van der Waals surface area contributed by atoms with Crippen molar-refractivity contribution in [2.75, 3.05) is 27.2 Å². The Morgan fingerprint density at radius 2 is 0.680 bits per heavy atom. The van der Waals surface area contributed by atoms with E-state index in [1.807, 2.05) is 0 Å². The van der Waals surface area contributed by atoms with Gasteiger partial charge in [-0.3, -0.25) is 0 Å². The normalized spacial score (nSPS) is 12.0. The van der Waals surface area contributed by atoms with E-state index in [-0.39, 0.29) is 0 Å². The van der Waals surface area contributed by atoms with Gasteiger partial charge in [0.05, 0.1) is 27.2 Å². The van der Waals surface area contributed by atoms with Crippen LogP contribution in [0.3, 0.4) is 0 Å². The highest BCUT2D eigenvalue weighted by atomic mass is 15.3. The lowest BCUT2D eigenvalue weighted by molar-refractivity contribution is -0.890. The molecule has 0 saturated heterocycles. The van der Waals surface area contributed by atoms with Crippen molar-refractivity contribution in [3.8, 4) is 0 Å². The molecular weight excluding hydrogens is 302 g/mol. The third-order valence-corrected chi connectivity index (χ3v) is 5.70. The highest BCUT2D eigenvalue weighted by Gasteiger charge is 2.11. The van der Waals surface area contributed by atoms with Gasteiger partial charge in [0, 0.05) is 0 Å². The summed E-state index contributed by atoms with van der Waals surface area (Å²) in [5.41, 5.74) is 0. The molecule has 0 atom stereocenters. The molecule has 0 aliphatic heterocycles. The number of hydrogen-bond acceptors (Lipinski definition) is 0. The van der Waals surface area contributed by atoms with E-state index in [1.165, 1.54) is 133 Å². The van der Waals surface area contributed by atoms with Crippen molar-refractivity contribution in [2.24, 2.45) is 0 Å². The zero-order valence-corrected chi connectivity index (χ0v) is 18.6. The SMILES string of the molecule is CCCCCCCCCCCCCCCCCCC[N+](C)(C)CCC. The van der Waals surface area contributed by atoms with Crippen LogP contribution in [-0.2, 0) is 0 Å². The zero-order chi connectivity index (χ0) is 18.6. The zero-order valence-electron chi connectivity index (χ0n) is 18.6. The molecule has 1 nitrogen and oxygen atoms in total. The van der Waals surface area contributed by atoms with Crippen LogP contribution in [0.4, 0.5) is 0 Å². The summed E-state index contributed by atoms with van der Waals surface area (Å²) in [5.74, 6) is 0. The van der Waals surface area contributed by atoms with E-state index in [1.54, 1.807) is 0 Å². The van der Waals surface area contributed by atoms with E-state index in [0.29, 0.717) is 0 Å². The summed E-state index contributed by atoms with van der Waals surface area (Å²) in [6.07, 6.45) is 26.2. The largest absolute Gasteiger partial charge is 0.328 e. The van der Waals surface area contributed by atoms with Crippen LogP contribution < -0.4 is 0 Å². The summed E-state index contributed by atoms with van der Waals surface area (Å²) in [6, 6.07) is 0. The fourth-order valence-corrected chi connectivity index (χ4v) is 3.98. The molecule has 25 heavy (non-hydrogen) atoms. The predicted molar refractivity (Wildman–Crippen MR) is 116 cm³/mol. The Morgan fingerprint density at radius 3 is 1.00 bits per heavy atom. The van der Waals surface area contributed by atoms with Crippen LogP contribution >= 0.6 is 0 Å². The van der Waals surface area contributed by atoms with E-state index in [9.17, 15) is 0 Å². The van der Waals surface area contributed by atoms with Gasteiger partial charge in [-0.05, 0) is 19.3 Å². The summed E-state index contributed by atoms with van der Waals surface area (Å²) in [6.45, 7) is 7.30. The molecule has 0 aromatic rings. The molecule has 0 aliphatic carbocycles. The Labute approximate surface area is 161 Å². The lowest BCUT2D eigenvalue weighted by atomic mass is 10.0. The monoisotopic (exact) mass is 354 g/mol. The molecule has 0 bridgehead atoms. The molecule has 0 N–H and O–H groups in total. The molecule has 0 radical (unpaired) electrons. The quantitative estimate of drug-likeness (QED) is 0.153. The smallest absolute Gasteiger partial charge is 0.0782 e. The van der Waals surface area contributed by atoms with Crippen molar-refractivity contribution in [2.45, 2.75) is 129 Å². The van der Waals surface area contributed by atoms with Crippen LogP contribution in [0, 0.1) is 0 Å². The molecule has 0 saturated carbocycles. The second-order valence-corrected chi connectivity index (χ2v) is 9.04. The summed E-state index contributed by atoms with van der Waals surface area (Å²) in [5, 5.41) is 0. The van der Waals surface area contributed by atoms with Gasteiger partial charge in [-0.15, -0.1) is 0 Å². The van der Waals surface area contributed by atoms with Crippen molar-refractivity contribution in [1.82, 2.24) is 0 Å². The first-order valence-electron chi connectivity index (χ1n) is 11.9. The predicted octanol–water partition coefficient (Wildman–Crippen LogP) is 8.12. The van der Waals surface area contributed by atoms with E-state index < -0.39 is 0 Å². The third-order valence-electron chi connectivity index (χ3n) is 5.70. The summed E-state index contributed by atoms with van der Waals surface area (Å²) in [4.78, 5) is 0. The maximum Gasteiger partial charge on any atom is 0.0782 e. The number of unbranched alkanes of at least 4 members (excludes halogenated alkanes) is 16. The van der Waals surface area contributed by atoms with Crippen LogP contribution in [0.2, 0.25) is 0 Å². The molecule has 0 rings (SSSR count). The van der Waals surface area contributed by atoms with Crippen molar-refractivity contribution in [1.29, 1.82) is 0 Å². The van der Waals surface area contributed by atoms with Crippen LogP contribution in [0.5, 0.6) is 0 Å². The number of quaternary nitrogens is 1. The average Bonchev–Trinajstić information content (AvgIpc) is 2.57. The van der Waals surface area contributed by atoms with Gasteiger partial charge in [0.15, 0.2) is 0 Å². The lowest BCUT2D eigenvalue weighted by Gasteiger charge is -2.29. The maximum atomic E-state index is 2.38. The highest BCUT2D eigenvalue weighted by molar-refractivity contribution is 4.50. The molecule has 0 fully saturated rings. The Morgan fingerprint density at radius 1 is 0.360 bits per heavy atom. The second kappa shape index (κ2) is 18.7. The minimum Gasteiger partial charge on any atom is -0.328 e. The van der Waals surface area contributed by atoms with Crippen LogP contribution in [0.1, 0.15) is 129 Å². The standard InChI is InChI=1S/C24H52N/c1-5-7-8-9-10-11-12-13-14-15-16-17-18-19-20-21-22-24-25(3,4)23-6-2/h5-24H2,1-4H3/q+1. The third kappa shape index (κ3) is 20.1. The van der Waals surface area contributed by atoms with Gasteiger partial charge in [-0.2, -0.15) is 0 Å². The average molecular weight is 355 g/mol. The van der Waals surface area contributed by atoms with Crippen LogP contribution in [0.15, 0.2) is 0 Å². The molecule has 0 aliphatic rings. The van der Waals surface area contributed by atoms with E-state index in [2.05, 4.69) is 27.9 Å². The van der Waals surface area contributed by atoms with Crippen LogP contribution in [0.25, 0.3) is 0 Å². The van der Waals surface area contributed by atoms with Gasteiger partial charge in [0.1, 0.15) is 0 Å². The molecule has 1 heteroatoms. The first-order chi connectivity index (χ1) is 12.1. The van der Waals surface area contributed by atoms with Gasteiger partial charge in [-0.1, -0.05) is 110 Å². The van der Waals surface area contributed by atoms with Crippen LogP contribution in [-0.4, -0.2) is 31.7 Å². The van der Waals surface area contributed by atoms with E-state index in [0.717, 1.165) is 0 Å². The first-order valence-corrected chi connectivity index (χ1v) is 11.9. The fourth-order valence-electron chi connectivity index (χ4n) is 3.98. The lowest BCUT2D eigenvalue weighted by Crippen LogP contribution is -2.40. The maximum absolute atomic E-state index is 2.38. The minimum atomic E-state index is 1.22. The molecule has 152 valence electrons. The van der Waals surface area contributed by atoms with Gasteiger partial charge in [-0.25, -0.2) is 0 Å². The van der Waals surface area contributed by atoms with E-state index in [4.69, 9.17) is 0 Å². The Kier molecular flexibility index (Phi) is 18.7. The summed E-state index contributed by atoms with van der Waals surface area (Å²) >= 11 is 0. The van der Waals surface area contributed by atoms with Crippen molar-refractivity contribution in [3.63, 3.8) is 0 Å². The topological polar surface area (TPSA) is 0 Å². The molecule has 0 heterocycles. The first kappa shape index (κ1) is 25.0. The number of rotatable bonds is 20.